The fraction of sp³-hybridized carbons (Fsp3) is 0.462. The van der Waals surface area contributed by atoms with Crippen molar-refractivity contribution in [2.75, 3.05) is 4.31 Å². The molecule has 0 bridgehead atoms. The lowest BCUT2D eigenvalue weighted by molar-refractivity contribution is 0.0831. The Morgan fingerprint density at radius 3 is 2.00 bits per heavy atom. The lowest BCUT2D eigenvalue weighted by Crippen LogP contribution is -2.55. The molecule has 1 aromatic rings. The average Bonchev–Trinajstić information content (AvgIpc) is 2.26. The molecule has 0 aliphatic carbocycles. The lowest BCUT2D eigenvalue weighted by atomic mass is 10.1. The zero-order chi connectivity index (χ0) is 14.4. The Balaban J connectivity index is 2.74. The first-order chi connectivity index (χ1) is 8.78. The molecule has 0 saturated carbocycles. The number of fused-ring (bicyclic) bond motifs is 1. The second kappa shape index (κ2) is 4.52. The zero-order valence-corrected chi connectivity index (χ0v) is 12.3. The van der Waals surface area contributed by atoms with Gasteiger partial charge in [-0.2, -0.15) is 8.42 Å². The minimum atomic E-state index is -3.81. The molecule has 1 heterocycles. The van der Waals surface area contributed by atoms with Gasteiger partial charge >= 0.3 is 10.2 Å². The first-order valence-electron chi connectivity index (χ1n) is 6.25. The Morgan fingerprint density at radius 2 is 1.47 bits per heavy atom. The third-order valence-corrected chi connectivity index (χ3v) is 5.21. The number of hydrogen-bond acceptors (Lipinski definition) is 3. The fourth-order valence-electron chi connectivity index (χ4n) is 2.33. The third-order valence-electron chi connectivity index (χ3n) is 3.01. The third kappa shape index (κ3) is 2.00. The van der Waals surface area contributed by atoms with E-state index in [1.807, 2.05) is 0 Å². The summed E-state index contributed by atoms with van der Waals surface area (Å²) in [6.07, 6.45) is 0. The summed E-state index contributed by atoms with van der Waals surface area (Å²) < 4.78 is 27.5. The standard InChI is InChI=1S/C13H18N2O3S/c1-9(2)14-12-8-6-5-7-11(12)13(16)15(10(3)4)19(14,17)18/h5-10H,1-4H3. The smallest absolute Gasteiger partial charge is 0.268 e. The molecule has 1 amide bonds. The Kier molecular flexibility index (Phi) is 3.30. The molecule has 2 rings (SSSR count). The summed E-state index contributed by atoms with van der Waals surface area (Å²) in [5, 5.41) is 0. The number of carbonyl (C=O) groups excluding carboxylic acids is 1. The molecule has 19 heavy (non-hydrogen) atoms. The van der Waals surface area contributed by atoms with Crippen molar-refractivity contribution in [2.45, 2.75) is 39.8 Å². The topological polar surface area (TPSA) is 57.7 Å². The molecule has 0 saturated heterocycles. The van der Waals surface area contributed by atoms with Gasteiger partial charge in [0.1, 0.15) is 0 Å². The number of anilines is 1. The number of carbonyl (C=O) groups is 1. The number of hydrogen-bond donors (Lipinski definition) is 0. The Morgan fingerprint density at radius 1 is 0.947 bits per heavy atom. The highest BCUT2D eigenvalue weighted by molar-refractivity contribution is 7.91. The predicted molar refractivity (Wildman–Crippen MR) is 74.3 cm³/mol. The van der Waals surface area contributed by atoms with Crippen LogP contribution in [-0.4, -0.2) is 30.7 Å². The van der Waals surface area contributed by atoms with Crippen LogP contribution in [0, 0.1) is 0 Å². The molecule has 0 N–H and O–H groups in total. The van der Waals surface area contributed by atoms with E-state index in [0.717, 1.165) is 4.31 Å². The number of para-hydroxylation sites is 1. The second-order valence-corrected chi connectivity index (χ2v) is 6.79. The van der Waals surface area contributed by atoms with E-state index >= 15 is 0 Å². The van der Waals surface area contributed by atoms with Crippen LogP contribution in [0.1, 0.15) is 38.1 Å². The van der Waals surface area contributed by atoms with Crippen molar-refractivity contribution >= 4 is 21.8 Å². The van der Waals surface area contributed by atoms with Crippen LogP contribution >= 0.6 is 0 Å². The van der Waals surface area contributed by atoms with Crippen LogP contribution in [0.4, 0.5) is 5.69 Å². The summed E-state index contributed by atoms with van der Waals surface area (Å²) in [5.74, 6) is -0.456. The van der Waals surface area contributed by atoms with Gasteiger partial charge in [-0.05, 0) is 39.8 Å². The van der Waals surface area contributed by atoms with E-state index in [0.29, 0.717) is 11.3 Å². The SMILES string of the molecule is CC(C)N1C(=O)c2ccccc2N(C(C)C)S1(=O)=O. The van der Waals surface area contributed by atoms with Gasteiger partial charge in [0, 0.05) is 12.1 Å². The first kappa shape index (κ1) is 13.9. The van der Waals surface area contributed by atoms with Gasteiger partial charge in [0.2, 0.25) is 0 Å². The van der Waals surface area contributed by atoms with Crippen molar-refractivity contribution in [2.24, 2.45) is 0 Å². The Labute approximate surface area is 114 Å². The largest absolute Gasteiger partial charge is 0.329 e. The van der Waals surface area contributed by atoms with Crippen molar-refractivity contribution in [1.82, 2.24) is 4.31 Å². The molecule has 0 atom stereocenters. The quantitative estimate of drug-likeness (QED) is 0.833. The monoisotopic (exact) mass is 282 g/mol. The van der Waals surface area contributed by atoms with Gasteiger partial charge in [-0.3, -0.25) is 4.79 Å². The number of nitrogens with zero attached hydrogens (tertiary/aromatic N) is 2. The molecule has 0 aromatic heterocycles. The zero-order valence-electron chi connectivity index (χ0n) is 11.5. The normalized spacial score (nSPS) is 18.1. The molecule has 0 unspecified atom stereocenters. The van der Waals surface area contributed by atoms with Gasteiger partial charge in [-0.25, -0.2) is 8.61 Å². The molecular formula is C13H18N2O3S. The molecule has 5 nitrogen and oxygen atoms in total. The molecule has 0 fully saturated rings. The summed E-state index contributed by atoms with van der Waals surface area (Å²) in [6, 6.07) is 6.15. The van der Waals surface area contributed by atoms with Crippen LogP contribution in [-0.2, 0) is 10.2 Å². The average molecular weight is 282 g/mol. The maximum Gasteiger partial charge on any atom is 0.329 e. The van der Waals surface area contributed by atoms with Crippen molar-refractivity contribution in [1.29, 1.82) is 0 Å². The number of benzene rings is 1. The number of rotatable bonds is 2. The van der Waals surface area contributed by atoms with Gasteiger partial charge in [0.05, 0.1) is 11.3 Å². The fourth-order valence-corrected chi connectivity index (χ4v) is 4.31. The summed E-state index contributed by atoms with van der Waals surface area (Å²) in [4.78, 5) is 12.4. The lowest BCUT2D eigenvalue weighted by Gasteiger charge is -2.40. The van der Waals surface area contributed by atoms with E-state index in [1.54, 1.807) is 52.0 Å². The summed E-state index contributed by atoms with van der Waals surface area (Å²) in [7, 11) is -3.81. The molecule has 6 heteroatoms. The summed E-state index contributed by atoms with van der Waals surface area (Å²) >= 11 is 0. The molecule has 0 radical (unpaired) electrons. The van der Waals surface area contributed by atoms with E-state index in [1.165, 1.54) is 4.31 Å². The van der Waals surface area contributed by atoms with Crippen molar-refractivity contribution in [3.63, 3.8) is 0 Å². The van der Waals surface area contributed by atoms with Crippen LogP contribution in [0.2, 0.25) is 0 Å². The van der Waals surface area contributed by atoms with Crippen LogP contribution in [0.15, 0.2) is 24.3 Å². The minimum absolute atomic E-state index is 0.250. The predicted octanol–water partition coefficient (Wildman–Crippen LogP) is 2.01. The van der Waals surface area contributed by atoms with Gasteiger partial charge in [-0.15, -0.1) is 0 Å². The molecule has 1 aromatic carbocycles. The highest BCUT2D eigenvalue weighted by Gasteiger charge is 2.43. The Hall–Kier alpha value is -1.56. The first-order valence-corrected chi connectivity index (χ1v) is 7.65. The van der Waals surface area contributed by atoms with Crippen LogP contribution in [0.3, 0.4) is 0 Å². The molecule has 0 spiro atoms. The van der Waals surface area contributed by atoms with E-state index in [4.69, 9.17) is 0 Å². The summed E-state index contributed by atoms with van der Waals surface area (Å²) in [6.45, 7) is 6.98. The molecule has 104 valence electrons. The van der Waals surface area contributed by atoms with E-state index in [-0.39, 0.29) is 6.04 Å². The van der Waals surface area contributed by atoms with Crippen LogP contribution in [0.25, 0.3) is 0 Å². The van der Waals surface area contributed by atoms with Crippen molar-refractivity contribution in [3.05, 3.63) is 29.8 Å². The molecular weight excluding hydrogens is 264 g/mol. The molecule has 1 aliphatic heterocycles. The van der Waals surface area contributed by atoms with Gasteiger partial charge in [-0.1, -0.05) is 12.1 Å². The van der Waals surface area contributed by atoms with Crippen LogP contribution < -0.4 is 4.31 Å². The van der Waals surface area contributed by atoms with Crippen LogP contribution in [0.5, 0.6) is 0 Å². The number of amides is 1. The minimum Gasteiger partial charge on any atom is -0.268 e. The maximum absolute atomic E-state index is 12.6. The van der Waals surface area contributed by atoms with Crippen molar-refractivity contribution < 1.29 is 13.2 Å². The van der Waals surface area contributed by atoms with Gasteiger partial charge in [0.15, 0.2) is 0 Å². The maximum atomic E-state index is 12.6. The highest BCUT2D eigenvalue weighted by atomic mass is 32.2. The van der Waals surface area contributed by atoms with Gasteiger partial charge in [0.25, 0.3) is 5.91 Å². The summed E-state index contributed by atoms with van der Waals surface area (Å²) in [5.41, 5.74) is 0.888. The second-order valence-electron chi connectivity index (χ2n) is 5.11. The van der Waals surface area contributed by atoms with Crippen molar-refractivity contribution in [3.8, 4) is 0 Å². The van der Waals surface area contributed by atoms with E-state index < -0.39 is 22.2 Å². The highest BCUT2D eigenvalue weighted by Crippen LogP contribution is 2.34. The van der Waals surface area contributed by atoms with E-state index in [9.17, 15) is 13.2 Å². The van der Waals surface area contributed by atoms with E-state index in [2.05, 4.69) is 0 Å². The van der Waals surface area contributed by atoms with Gasteiger partial charge < -0.3 is 0 Å². The molecule has 1 aliphatic rings. The Bertz CT molecular complexity index is 608.